The van der Waals surface area contributed by atoms with Crippen LogP contribution in [-0.4, -0.2) is 35.4 Å². The van der Waals surface area contributed by atoms with Crippen molar-refractivity contribution in [1.29, 1.82) is 0 Å². The van der Waals surface area contributed by atoms with E-state index in [1.165, 1.54) is 16.8 Å². The van der Waals surface area contributed by atoms with Gasteiger partial charge in [0.2, 0.25) is 11.9 Å². The van der Waals surface area contributed by atoms with Crippen molar-refractivity contribution < 1.29 is 13.6 Å². The van der Waals surface area contributed by atoms with Crippen LogP contribution in [0.1, 0.15) is 41.9 Å². The number of nitrogens with one attached hydrogen (secondary N) is 2. The van der Waals surface area contributed by atoms with Crippen molar-refractivity contribution in [2.75, 3.05) is 5.32 Å². The molecule has 1 saturated carbocycles. The van der Waals surface area contributed by atoms with Crippen LogP contribution >= 0.6 is 23.2 Å². The van der Waals surface area contributed by atoms with Crippen molar-refractivity contribution >= 4 is 34.8 Å². The molecule has 3 atom stereocenters. The zero-order valence-corrected chi connectivity index (χ0v) is 23.0. The van der Waals surface area contributed by atoms with Gasteiger partial charge in [0.1, 0.15) is 17.3 Å². The first kappa shape index (κ1) is 25.4. The number of amides is 1. The molecule has 0 saturated heterocycles. The average Bonchev–Trinajstić information content (AvgIpc) is 3.28. The first-order chi connectivity index (χ1) is 20.3. The molecule has 3 aromatic heterocycles. The molecule has 0 spiro atoms. The maximum absolute atomic E-state index is 15.5. The van der Waals surface area contributed by atoms with Gasteiger partial charge in [-0.05, 0) is 60.7 Å². The monoisotopic (exact) mass is 605 g/mol. The molecular weight excluding hydrogens is 587 g/mol. The lowest BCUT2D eigenvalue weighted by Crippen LogP contribution is -2.26. The Bertz CT molecular complexity index is 2030. The number of imidazole rings is 1. The molecule has 8 rings (SSSR count). The second kappa shape index (κ2) is 9.07. The van der Waals surface area contributed by atoms with Crippen LogP contribution in [0.25, 0.3) is 28.1 Å². The van der Waals surface area contributed by atoms with E-state index in [4.69, 9.17) is 23.2 Å². The second-order valence-corrected chi connectivity index (χ2v) is 11.6. The van der Waals surface area contributed by atoms with Crippen molar-refractivity contribution in [2.24, 2.45) is 5.92 Å². The molecule has 2 N–H and O–H groups in total. The summed E-state index contributed by atoms with van der Waals surface area (Å²) in [6.45, 7) is 0. The molecule has 2 aliphatic heterocycles. The number of halogens is 4. The summed E-state index contributed by atoms with van der Waals surface area (Å²) in [6, 6.07) is 11.1. The standard InChI is InChI=1S/C29H19Cl2F2N7O2/c30-13-1-5-20(39-11-22(31)37-38-39)16(9-13)12-7-21-17-10-18(17)27(40(21)24(42)8-12)29-35-26(28(33)36-29)15-2-4-19-14(25(15)32)3-6-23(41)34-19/h1-2,4-5,7-9,11,17-18,27H,3,6,10H2,(H,34,41)(H,35,36)/t17?,18-,27?/m1/s1. The van der Waals surface area contributed by atoms with Crippen molar-refractivity contribution in [3.05, 3.63) is 98.0 Å². The number of benzene rings is 2. The zero-order chi connectivity index (χ0) is 28.9. The normalized spacial score (nSPS) is 20.2. The smallest absolute Gasteiger partial charge is 0.252 e. The van der Waals surface area contributed by atoms with Crippen molar-refractivity contribution in [2.45, 2.75) is 31.2 Å². The summed E-state index contributed by atoms with van der Waals surface area (Å²) >= 11 is 12.3. The first-order valence-corrected chi connectivity index (χ1v) is 14.0. The molecule has 1 amide bonds. The number of hydrogen-bond donors (Lipinski definition) is 2. The van der Waals surface area contributed by atoms with Gasteiger partial charge in [-0.1, -0.05) is 28.4 Å². The maximum Gasteiger partial charge on any atom is 0.252 e. The molecule has 1 aliphatic carbocycles. The Morgan fingerprint density at radius 3 is 2.67 bits per heavy atom. The van der Waals surface area contributed by atoms with Crippen molar-refractivity contribution in [1.82, 2.24) is 29.5 Å². The van der Waals surface area contributed by atoms with Crippen LogP contribution in [0.5, 0.6) is 0 Å². The van der Waals surface area contributed by atoms with E-state index in [2.05, 4.69) is 25.6 Å². The number of aromatic nitrogens is 6. The molecule has 42 heavy (non-hydrogen) atoms. The van der Waals surface area contributed by atoms with Gasteiger partial charge in [-0.3, -0.25) is 9.59 Å². The lowest BCUT2D eigenvalue weighted by molar-refractivity contribution is -0.116. The number of aromatic amines is 1. The molecule has 0 bridgehead atoms. The number of anilines is 1. The minimum Gasteiger partial charge on any atom is -0.326 e. The fraction of sp³-hybridized carbons (Fsp3) is 0.207. The SMILES string of the molecule is O=C1CCc2c(ccc(-c3nc(C4[C@@H]5CC5c5cc(-c6cc(Cl)ccc6-n6cc(Cl)nn6)cc(=O)n54)[nH]c3F)c2F)N1. The van der Waals surface area contributed by atoms with Crippen LogP contribution in [0.15, 0.2) is 53.5 Å². The predicted octanol–water partition coefficient (Wildman–Crippen LogP) is 5.66. The highest BCUT2D eigenvalue weighted by Crippen LogP contribution is 2.60. The summed E-state index contributed by atoms with van der Waals surface area (Å²) in [5.74, 6) is -1.20. The molecule has 13 heteroatoms. The predicted molar refractivity (Wildman–Crippen MR) is 151 cm³/mol. The fourth-order valence-corrected chi connectivity index (χ4v) is 6.66. The van der Waals surface area contributed by atoms with Crippen LogP contribution in [0.3, 0.4) is 0 Å². The van der Waals surface area contributed by atoms with Gasteiger partial charge in [0.15, 0.2) is 5.15 Å². The Hall–Kier alpha value is -4.35. The van der Waals surface area contributed by atoms with Gasteiger partial charge in [0, 0.05) is 51.5 Å². The van der Waals surface area contributed by atoms with E-state index in [1.807, 2.05) is 6.07 Å². The largest absolute Gasteiger partial charge is 0.326 e. The van der Waals surface area contributed by atoms with Crippen LogP contribution in [0.4, 0.5) is 14.5 Å². The molecule has 9 nitrogen and oxygen atoms in total. The van der Waals surface area contributed by atoms with Gasteiger partial charge >= 0.3 is 0 Å². The molecule has 2 aromatic carbocycles. The first-order valence-electron chi connectivity index (χ1n) is 13.3. The number of nitrogens with zero attached hydrogens (tertiary/aromatic N) is 5. The molecule has 2 unspecified atom stereocenters. The summed E-state index contributed by atoms with van der Waals surface area (Å²) in [4.78, 5) is 32.5. The van der Waals surface area contributed by atoms with E-state index in [0.29, 0.717) is 33.1 Å². The number of hydrogen-bond acceptors (Lipinski definition) is 5. The fourth-order valence-electron chi connectivity index (χ4n) is 6.36. The van der Waals surface area contributed by atoms with E-state index in [-0.39, 0.29) is 58.4 Å². The molecule has 5 aromatic rings. The Morgan fingerprint density at radius 2 is 1.86 bits per heavy atom. The lowest BCUT2D eigenvalue weighted by atomic mass is 9.98. The van der Waals surface area contributed by atoms with Gasteiger partial charge < -0.3 is 14.9 Å². The van der Waals surface area contributed by atoms with Gasteiger partial charge in [-0.25, -0.2) is 14.1 Å². The third-order valence-corrected chi connectivity index (χ3v) is 8.72. The van der Waals surface area contributed by atoms with Crippen molar-refractivity contribution in [3.8, 4) is 28.1 Å². The number of carbonyl (C=O) groups is 1. The quantitative estimate of drug-likeness (QED) is 0.274. The molecule has 210 valence electrons. The Labute approximate surface area is 246 Å². The minimum absolute atomic E-state index is 0.000128. The number of carbonyl (C=O) groups excluding carboxylic acids is 1. The Balaban J connectivity index is 1.20. The Kier molecular flexibility index (Phi) is 5.48. The zero-order valence-electron chi connectivity index (χ0n) is 21.5. The number of fused-ring (bicyclic) bond motifs is 4. The van der Waals surface area contributed by atoms with Crippen molar-refractivity contribution in [3.63, 3.8) is 0 Å². The summed E-state index contributed by atoms with van der Waals surface area (Å²) < 4.78 is 33.9. The van der Waals surface area contributed by atoms with E-state index >= 15 is 8.78 Å². The van der Waals surface area contributed by atoms with E-state index in [0.717, 1.165) is 12.1 Å². The molecule has 5 heterocycles. The van der Waals surface area contributed by atoms with Crippen LogP contribution < -0.4 is 10.9 Å². The summed E-state index contributed by atoms with van der Waals surface area (Å²) in [7, 11) is 0. The van der Waals surface area contributed by atoms with E-state index in [9.17, 15) is 9.59 Å². The molecule has 1 fully saturated rings. The van der Waals surface area contributed by atoms with Gasteiger partial charge in [-0.2, -0.15) is 4.39 Å². The highest BCUT2D eigenvalue weighted by atomic mass is 35.5. The molecular formula is C29H19Cl2F2N7O2. The topological polar surface area (TPSA) is 110 Å². The van der Waals surface area contributed by atoms with Gasteiger partial charge in [0.05, 0.1) is 17.9 Å². The third kappa shape index (κ3) is 3.83. The van der Waals surface area contributed by atoms with Gasteiger partial charge in [0.25, 0.3) is 5.56 Å². The second-order valence-electron chi connectivity index (χ2n) is 10.8. The molecule has 3 aliphatic rings. The summed E-state index contributed by atoms with van der Waals surface area (Å²) in [5, 5.41) is 11.3. The third-order valence-electron chi connectivity index (χ3n) is 8.32. The maximum atomic E-state index is 15.5. The van der Waals surface area contributed by atoms with Crippen LogP contribution in [-0.2, 0) is 11.2 Å². The van der Waals surface area contributed by atoms with E-state index in [1.54, 1.807) is 35.0 Å². The number of pyridine rings is 1. The average molecular weight is 606 g/mol. The minimum atomic E-state index is -0.783. The van der Waals surface area contributed by atoms with Crippen LogP contribution in [0, 0.1) is 17.7 Å². The highest BCUT2D eigenvalue weighted by molar-refractivity contribution is 6.31. The van der Waals surface area contributed by atoms with Gasteiger partial charge in [-0.15, -0.1) is 5.10 Å². The van der Waals surface area contributed by atoms with Crippen LogP contribution in [0.2, 0.25) is 10.2 Å². The van der Waals surface area contributed by atoms with E-state index < -0.39 is 17.8 Å². The highest BCUT2D eigenvalue weighted by Gasteiger charge is 2.54. The lowest BCUT2D eigenvalue weighted by Gasteiger charge is -2.18. The summed E-state index contributed by atoms with van der Waals surface area (Å²) in [6.07, 6.45) is 2.73. The number of rotatable bonds is 4. The number of H-pyrrole nitrogens is 1. The molecule has 0 radical (unpaired) electrons. The summed E-state index contributed by atoms with van der Waals surface area (Å²) in [5.41, 5.74) is 3.04. The Morgan fingerprint density at radius 1 is 1.00 bits per heavy atom.